The Kier molecular flexibility index (Phi) is 3.18. The number of pyridine rings is 1. The zero-order valence-corrected chi connectivity index (χ0v) is 9.54. The van der Waals surface area contributed by atoms with Gasteiger partial charge in [-0.2, -0.15) is 5.10 Å². The fourth-order valence-electron chi connectivity index (χ4n) is 1.59. The van der Waals surface area contributed by atoms with E-state index in [-0.39, 0.29) is 5.56 Å². The maximum Gasteiger partial charge on any atom is 0.328 e. The van der Waals surface area contributed by atoms with Crippen LogP contribution in [0.5, 0.6) is 0 Å². The Bertz CT molecular complexity index is 620. The quantitative estimate of drug-likeness (QED) is 0.838. The van der Waals surface area contributed by atoms with E-state index in [1.54, 1.807) is 17.9 Å². The Hall–Kier alpha value is -2.50. The maximum absolute atomic E-state index is 13.8. The summed E-state index contributed by atoms with van der Waals surface area (Å²) in [5.74, 6) is -1.62. The number of rotatable bonds is 3. The van der Waals surface area contributed by atoms with Gasteiger partial charge in [0, 0.05) is 42.2 Å². The first-order chi connectivity index (χ1) is 8.58. The molecule has 2 heterocycles. The number of carboxylic acids is 1. The Morgan fingerprint density at radius 1 is 1.44 bits per heavy atom. The zero-order valence-electron chi connectivity index (χ0n) is 9.54. The summed E-state index contributed by atoms with van der Waals surface area (Å²) in [6.45, 7) is 0. The molecule has 2 rings (SSSR count). The highest BCUT2D eigenvalue weighted by Crippen LogP contribution is 2.26. The molecule has 0 aliphatic carbocycles. The lowest BCUT2D eigenvalue weighted by Gasteiger charge is -2.04. The smallest absolute Gasteiger partial charge is 0.328 e. The summed E-state index contributed by atoms with van der Waals surface area (Å²) in [7, 11) is 1.72. The van der Waals surface area contributed by atoms with Crippen LogP contribution >= 0.6 is 0 Å². The molecule has 0 atom stereocenters. The monoisotopic (exact) mass is 247 g/mol. The van der Waals surface area contributed by atoms with Gasteiger partial charge < -0.3 is 5.11 Å². The first-order valence-corrected chi connectivity index (χ1v) is 5.11. The number of aryl methyl sites for hydroxylation is 1. The fourth-order valence-corrected chi connectivity index (χ4v) is 1.59. The summed E-state index contributed by atoms with van der Waals surface area (Å²) in [6.07, 6.45) is 7.90. The van der Waals surface area contributed by atoms with Crippen LogP contribution in [0.1, 0.15) is 5.56 Å². The predicted molar refractivity (Wildman–Crippen MR) is 63.1 cm³/mol. The molecule has 0 radical (unpaired) electrons. The van der Waals surface area contributed by atoms with Gasteiger partial charge in [0.1, 0.15) is 5.82 Å². The lowest BCUT2D eigenvalue weighted by molar-refractivity contribution is -0.131. The van der Waals surface area contributed by atoms with E-state index in [0.717, 1.165) is 12.3 Å². The van der Waals surface area contributed by atoms with E-state index in [4.69, 9.17) is 5.11 Å². The van der Waals surface area contributed by atoms with E-state index in [9.17, 15) is 9.18 Å². The molecule has 0 aliphatic rings. The number of aliphatic carboxylic acids is 1. The van der Waals surface area contributed by atoms with E-state index in [0.29, 0.717) is 11.1 Å². The zero-order chi connectivity index (χ0) is 13.1. The van der Waals surface area contributed by atoms with Crippen molar-refractivity contribution in [3.8, 4) is 11.1 Å². The Labute approximate surface area is 102 Å². The molecule has 0 saturated heterocycles. The number of aromatic nitrogens is 3. The van der Waals surface area contributed by atoms with Gasteiger partial charge in [0.15, 0.2) is 0 Å². The summed E-state index contributed by atoms with van der Waals surface area (Å²) in [5.41, 5.74) is 1.25. The van der Waals surface area contributed by atoms with Gasteiger partial charge in [-0.25, -0.2) is 9.18 Å². The van der Waals surface area contributed by atoms with Crippen LogP contribution in [0.4, 0.5) is 4.39 Å². The molecule has 0 amide bonds. The molecule has 2 aromatic heterocycles. The van der Waals surface area contributed by atoms with Crippen molar-refractivity contribution in [3.05, 3.63) is 42.2 Å². The molecule has 92 valence electrons. The second kappa shape index (κ2) is 4.79. The van der Waals surface area contributed by atoms with Gasteiger partial charge in [0.25, 0.3) is 0 Å². The number of nitrogens with zero attached hydrogens (tertiary/aromatic N) is 3. The van der Waals surface area contributed by atoms with Crippen LogP contribution in [0, 0.1) is 5.82 Å². The van der Waals surface area contributed by atoms with E-state index in [1.807, 2.05) is 0 Å². The van der Waals surface area contributed by atoms with Crippen LogP contribution in [0.2, 0.25) is 0 Å². The fraction of sp³-hybridized carbons (Fsp3) is 0.0833. The highest BCUT2D eigenvalue weighted by molar-refractivity contribution is 5.87. The minimum atomic E-state index is -1.10. The van der Waals surface area contributed by atoms with Gasteiger partial charge in [0.2, 0.25) is 0 Å². The molecular weight excluding hydrogens is 237 g/mol. The van der Waals surface area contributed by atoms with Gasteiger partial charge in [-0.15, -0.1) is 0 Å². The van der Waals surface area contributed by atoms with Crippen molar-refractivity contribution in [2.75, 3.05) is 0 Å². The molecule has 0 aliphatic heterocycles. The Balaban J connectivity index is 2.54. The van der Waals surface area contributed by atoms with Crippen molar-refractivity contribution in [2.24, 2.45) is 7.05 Å². The van der Waals surface area contributed by atoms with Crippen LogP contribution in [0.25, 0.3) is 17.2 Å². The lowest BCUT2D eigenvalue weighted by Crippen LogP contribution is -1.92. The summed E-state index contributed by atoms with van der Waals surface area (Å²) in [5, 5.41) is 12.6. The molecule has 0 fully saturated rings. The average Bonchev–Trinajstić information content (AvgIpc) is 2.72. The van der Waals surface area contributed by atoms with Crippen LogP contribution in [0.3, 0.4) is 0 Å². The summed E-state index contributed by atoms with van der Waals surface area (Å²) >= 11 is 0. The third-order valence-corrected chi connectivity index (χ3v) is 2.33. The Morgan fingerprint density at radius 2 is 2.22 bits per heavy atom. The van der Waals surface area contributed by atoms with Crippen molar-refractivity contribution in [1.29, 1.82) is 0 Å². The predicted octanol–water partition coefficient (Wildman–Crippen LogP) is 1.72. The van der Waals surface area contributed by atoms with Gasteiger partial charge in [-0.05, 0) is 6.08 Å². The highest BCUT2D eigenvalue weighted by atomic mass is 19.1. The SMILES string of the molecule is Cn1cc(-c2c(F)cncc2C=CC(=O)O)cn1. The van der Waals surface area contributed by atoms with Crippen LogP contribution in [0.15, 0.2) is 30.9 Å². The normalized spacial score (nSPS) is 11.0. The number of carbonyl (C=O) groups is 1. The molecule has 0 aromatic carbocycles. The van der Waals surface area contributed by atoms with E-state index in [1.165, 1.54) is 18.5 Å². The molecular formula is C12H10FN3O2. The van der Waals surface area contributed by atoms with Crippen molar-refractivity contribution in [2.45, 2.75) is 0 Å². The van der Waals surface area contributed by atoms with Crippen molar-refractivity contribution in [3.63, 3.8) is 0 Å². The van der Waals surface area contributed by atoms with Crippen molar-refractivity contribution < 1.29 is 14.3 Å². The van der Waals surface area contributed by atoms with Crippen molar-refractivity contribution >= 4 is 12.0 Å². The third-order valence-electron chi connectivity index (χ3n) is 2.33. The first kappa shape index (κ1) is 12.0. The minimum Gasteiger partial charge on any atom is -0.478 e. The van der Waals surface area contributed by atoms with E-state index in [2.05, 4.69) is 10.1 Å². The molecule has 1 N–H and O–H groups in total. The van der Waals surface area contributed by atoms with Gasteiger partial charge in [-0.3, -0.25) is 9.67 Å². The number of halogens is 1. The van der Waals surface area contributed by atoms with Gasteiger partial charge in [-0.1, -0.05) is 0 Å². The topological polar surface area (TPSA) is 68.0 Å². The molecule has 6 heteroatoms. The molecule has 18 heavy (non-hydrogen) atoms. The average molecular weight is 247 g/mol. The van der Waals surface area contributed by atoms with Crippen LogP contribution < -0.4 is 0 Å². The molecule has 0 unspecified atom stereocenters. The van der Waals surface area contributed by atoms with Gasteiger partial charge >= 0.3 is 5.97 Å². The number of carboxylic acid groups (broad SMARTS) is 1. The van der Waals surface area contributed by atoms with E-state index < -0.39 is 11.8 Å². The second-order valence-corrected chi connectivity index (χ2v) is 3.66. The number of hydrogen-bond acceptors (Lipinski definition) is 3. The minimum absolute atomic E-state index is 0.288. The maximum atomic E-state index is 13.8. The largest absolute Gasteiger partial charge is 0.478 e. The highest BCUT2D eigenvalue weighted by Gasteiger charge is 2.11. The number of hydrogen-bond donors (Lipinski definition) is 1. The lowest BCUT2D eigenvalue weighted by atomic mass is 10.0. The molecule has 0 saturated carbocycles. The van der Waals surface area contributed by atoms with Crippen molar-refractivity contribution in [1.82, 2.24) is 14.8 Å². The Morgan fingerprint density at radius 3 is 2.83 bits per heavy atom. The molecule has 0 spiro atoms. The molecule has 0 bridgehead atoms. The van der Waals surface area contributed by atoms with Crippen LogP contribution in [-0.4, -0.2) is 25.8 Å². The summed E-state index contributed by atoms with van der Waals surface area (Å²) in [4.78, 5) is 14.2. The standard InChI is InChI=1S/C12H10FN3O2/c1-16-7-9(5-15-16)12-8(2-3-11(17)18)4-14-6-10(12)13/h2-7H,1H3,(H,17,18). The third kappa shape index (κ3) is 2.42. The van der Waals surface area contributed by atoms with E-state index >= 15 is 0 Å². The van der Waals surface area contributed by atoms with Crippen LogP contribution in [-0.2, 0) is 11.8 Å². The van der Waals surface area contributed by atoms with Gasteiger partial charge in [0.05, 0.1) is 12.4 Å². The summed E-state index contributed by atoms with van der Waals surface area (Å²) < 4.78 is 15.3. The first-order valence-electron chi connectivity index (χ1n) is 5.11. The summed E-state index contributed by atoms with van der Waals surface area (Å²) in [6, 6.07) is 0. The molecule has 2 aromatic rings. The molecule has 5 nitrogen and oxygen atoms in total. The second-order valence-electron chi connectivity index (χ2n) is 3.66.